The van der Waals surface area contributed by atoms with E-state index >= 15 is 0 Å². The van der Waals surface area contributed by atoms with Gasteiger partial charge in [0, 0.05) is 5.56 Å². The van der Waals surface area contributed by atoms with Crippen molar-refractivity contribution in [3.05, 3.63) is 17.2 Å². The van der Waals surface area contributed by atoms with Crippen LogP contribution in [0.4, 0.5) is 13.2 Å². The number of hydrogen-bond donors (Lipinski definition) is 1. The molecule has 5 heteroatoms. The molecule has 0 aliphatic carbocycles. The van der Waals surface area contributed by atoms with Crippen molar-refractivity contribution in [3.8, 4) is 0 Å². The quantitative estimate of drug-likeness (QED) is 0.649. The second-order valence-corrected chi connectivity index (χ2v) is 1.85. The summed E-state index contributed by atoms with van der Waals surface area (Å²) in [6.07, 6.45) is -2.68. The first-order chi connectivity index (χ1) is 4.63. The van der Waals surface area contributed by atoms with Crippen LogP contribution in [0.25, 0.3) is 0 Å². The van der Waals surface area contributed by atoms with Crippen LogP contribution in [0.1, 0.15) is 17.7 Å². The van der Waals surface area contributed by atoms with Gasteiger partial charge in [0.2, 0.25) is 5.95 Å². The molecular formula is C5H5F3N2. The molecule has 1 aromatic rings. The Morgan fingerprint density at radius 1 is 1.50 bits per heavy atom. The number of nitrogens with zero attached hydrogens (tertiary/aromatic N) is 1. The Bertz CT molecular complexity index is 231. The number of alkyl halides is 2. The van der Waals surface area contributed by atoms with E-state index < -0.39 is 18.1 Å². The SMILES string of the molecule is Cc1c(F)n[nH]c1C(F)F. The lowest BCUT2D eigenvalue weighted by Gasteiger charge is -1.92. The van der Waals surface area contributed by atoms with Gasteiger partial charge in [-0.05, 0) is 6.92 Å². The van der Waals surface area contributed by atoms with Crippen LogP contribution < -0.4 is 0 Å². The molecule has 0 amide bonds. The van der Waals surface area contributed by atoms with Gasteiger partial charge in [-0.15, -0.1) is 5.10 Å². The second-order valence-electron chi connectivity index (χ2n) is 1.85. The fourth-order valence-electron chi connectivity index (χ4n) is 0.601. The van der Waals surface area contributed by atoms with Crippen molar-refractivity contribution in [1.82, 2.24) is 10.2 Å². The van der Waals surface area contributed by atoms with E-state index in [4.69, 9.17) is 0 Å². The Hall–Kier alpha value is -1.00. The van der Waals surface area contributed by atoms with Gasteiger partial charge in [-0.3, -0.25) is 5.10 Å². The lowest BCUT2D eigenvalue weighted by Crippen LogP contribution is -1.86. The lowest BCUT2D eigenvalue weighted by atomic mass is 10.3. The number of aromatic nitrogens is 2. The zero-order chi connectivity index (χ0) is 7.72. The molecule has 2 nitrogen and oxygen atoms in total. The zero-order valence-corrected chi connectivity index (χ0v) is 5.16. The summed E-state index contributed by atoms with van der Waals surface area (Å²) >= 11 is 0. The number of halogens is 3. The molecule has 56 valence electrons. The van der Waals surface area contributed by atoms with Gasteiger partial charge in [-0.2, -0.15) is 4.39 Å². The van der Waals surface area contributed by atoms with Gasteiger partial charge in [0.05, 0.1) is 0 Å². The van der Waals surface area contributed by atoms with E-state index in [2.05, 4.69) is 5.10 Å². The highest BCUT2D eigenvalue weighted by Gasteiger charge is 2.16. The van der Waals surface area contributed by atoms with Crippen molar-refractivity contribution in [2.45, 2.75) is 13.3 Å². The van der Waals surface area contributed by atoms with Crippen LogP contribution in [0.15, 0.2) is 0 Å². The fraction of sp³-hybridized carbons (Fsp3) is 0.400. The molecule has 0 aromatic carbocycles. The maximum atomic E-state index is 12.2. The largest absolute Gasteiger partial charge is 0.280 e. The summed E-state index contributed by atoms with van der Waals surface area (Å²) in [4.78, 5) is 0. The van der Waals surface area contributed by atoms with Gasteiger partial charge in [0.25, 0.3) is 6.43 Å². The highest BCUT2D eigenvalue weighted by Crippen LogP contribution is 2.20. The first kappa shape index (κ1) is 7.11. The summed E-state index contributed by atoms with van der Waals surface area (Å²) in [5.41, 5.74) is -0.562. The summed E-state index contributed by atoms with van der Waals surface area (Å²) in [5.74, 6) is -0.865. The van der Waals surface area contributed by atoms with E-state index in [0.29, 0.717) is 0 Å². The minimum Gasteiger partial charge on any atom is -0.274 e. The fourth-order valence-corrected chi connectivity index (χ4v) is 0.601. The van der Waals surface area contributed by atoms with Crippen LogP contribution in [-0.4, -0.2) is 10.2 Å². The minimum atomic E-state index is -2.68. The molecule has 0 unspecified atom stereocenters. The monoisotopic (exact) mass is 150 g/mol. The summed E-state index contributed by atoms with van der Waals surface area (Å²) in [6, 6.07) is 0. The normalized spacial score (nSPS) is 10.9. The maximum Gasteiger partial charge on any atom is 0.280 e. The van der Waals surface area contributed by atoms with E-state index in [1.807, 2.05) is 5.10 Å². The molecule has 0 spiro atoms. The summed E-state index contributed by atoms with van der Waals surface area (Å²) < 4.78 is 35.8. The molecule has 0 aliphatic rings. The molecule has 0 bridgehead atoms. The molecular weight excluding hydrogens is 145 g/mol. The lowest BCUT2D eigenvalue weighted by molar-refractivity contribution is 0.145. The van der Waals surface area contributed by atoms with Gasteiger partial charge in [0.15, 0.2) is 0 Å². The van der Waals surface area contributed by atoms with E-state index in [1.165, 1.54) is 6.92 Å². The van der Waals surface area contributed by atoms with Crippen LogP contribution in [0.2, 0.25) is 0 Å². The number of aromatic amines is 1. The predicted octanol–water partition coefficient (Wildman–Crippen LogP) is 1.79. The van der Waals surface area contributed by atoms with Crippen molar-refractivity contribution in [3.63, 3.8) is 0 Å². The van der Waals surface area contributed by atoms with Crippen LogP contribution in [-0.2, 0) is 0 Å². The Morgan fingerprint density at radius 3 is 2.30 bits per heavy atom. The van der Waals surface area contributed by atoms with Gasteiger partial charge < -0.3 is 0 Å². The number of nitrogens with one attached hydrogen (secondary N) is 1. The number of hydrogen-bond acceptors (Lipinski definition) is 1. The van der Waals surface area contributed by atoms with E-state index in [9.17, 15) is 13.2 Å². The van der Waals surface area contributed by atoms with Crippen LogP contribution in [0.3, 0.4) is 0 Å². The number of rotatable bonds is 1. The van der Waals surface area contributed by atoms with Crippen LogP contribution >= 0.6 is 0 Å². The molecule has 1 N–H and O–H groups in total. The summed E-state index contributed by atoms with van der Waals surface area (Å²) in [7, 11) is 0. The molecule has 0 radical (unpaired) electrons. The molecule has 0 saturated carbocycles. The predicted molar refractivity (Wildman–Crippen MR) is 28.2 cm³/mol. The van der Waals surface area contributed by atoms with Gasteiger partial charge >= 0.3 is 0 Å². The molecule has 1 rings (SSSR count). The van der Waals surface area contributed by atoms with E-state index in [-0.39, 0.29) is 5.56 Å². The maximum absolute atomic E-state index is 12.2. The zero-order valence-electron chi connectivity index (χ0n) is 5.16. The first-order valence-electron chi connectivity index (χ1n) is 2.61. The topological polar surface area (TPSA) is 28.7 Å². The standard InChI is InChI=1S/C5H5F3N2/c1-2-3(4(6)7)9-10-5(2)8/h4H,1H3,(H,9,10). The van der Waals surface area contributed by atoms with E-state index in [1.54, 1.807) is 0 Å². The third kappa shape index (κ3) is 0.984. The second kappa shape index (κ2) is 2.32. The van der Waals surface area contributed by atoms with Crippen molar-refractivity contribution in [2.75, 3.05) is 0 Å². The van der Waals surface area contributed by atoms with Crippen molar-refractivity contribution in [1.29, 1.82) is 0 Å². The Kier molecular flexibility index (Phi) is 1.65. The van der Waals surface area contributed by atoms with Crippen LogP contribution in [0, 0.1) is 12.9 Å². The number of H-pyrrole nitrogens is 1. The van der Waals surface area contributed by atoms with Crippen LogP contribution in [0.5, 0.6) is 0 Å². The minimum absolute atomic E-state index is 0.116. The molecule has 0 saturated heterocycles. The molecule has 0 fully saturated rings. The highest BCUT2D eigenvalue weighted by atomic mass is 19.3. The highest BCUT2D eigenvalue weighted by molar-refractivity contribution is 5.16. The van der Waals surface area contributed by atoms with Crippen molar-refractivity contribution < 1.29 is 13.2 Å². The molecule has 10 heavy (non-hydrogen) atoms. The van der Waals surface area contributed by atoms with Gasteiger partial charge in [-0.25, -0.2) is 8.78 Å². The molecule has 0 aliphatic heterocycles. The summed E-state index contributed by atoms with van der Waals surface area (Å²) in [6.45, 7) is 1.25. The van der Waals surface area contributed by atoms with Gasteiger partial charge in [-0.1, -0.05) is 0 Å². The molecule has 1 heterocycles. The summed E-state index contributed by atoms with van der Waals surface area (Å²) in [5, 5.41) is 4.86. The Balaban J connectivity index is 3.05. The Labute approximate surface area is 55.1 Å². The first-order valence-corrected chi connectivity index (χ1v) is 2.61. The van der Waals surface area contributed by atoms with E-state index in [0.717, 1.165) is 0 Å². The third-order valence-electron chi connectivity index (χ3n) is 1.21. The third-order valence-corrected chi connectivity index (χ3v) is 1.21. The van der Waals surface area contributed by atoms with Crippen molar-refractivity contribution in [2.24, 2.45) is 0 Å². The smallest absolute Gasteiger partial charge is 0.274 e. The molecule has 0 atom stereocenters. The van der Waals surface area contributed by atoms with Crippen molar-refractivity contribution >= 4 is 0 Å². The Morgan fingerprint density at radius 2 is 2.10 bits per heavy atom. The average molecular weight is 150 g/mol. The average Bonchev–Trinajstić information content (AvgIpc) is 2.14. The molecule has 1 aromatic heterocycles. The van der Waals surface area contributed by atoms with Gasteiger partial charge in [0.1, 0.15) is 5.69 Å².